The highest BCUT2D eigenvalue weighted by Gasteiger charge is 2.32. The Morgan fingerprint density at radius 1 is 0.853 bits per heavy atom. The zero-order valence-corrected chi connectivity index (χ0v) is 22.7. The Labute approximate surface area is 208 Å². The van der Waals surface area contributed by atoms with E-state index < -0.39 is 17.7 Å². The lowest BCUT2D eigenvalue weighted by molar-refractivity contribution is -0.137. The van der Waals surface area contributed by atoms with Crippen LogP contribution < -0.4 is 11.5 Å². The van der Waals surface area contributed by atoms with E-state index in [4.69, 9.17) is 26.0 Å². The molecule has 0 aliphatic rings. The number of carboxylic acid groups (broad SMARTS) is 1. The molecule has 0 heterocycles. The van der Waals surface area contributed by atoms with Gasteiger partial charge < -0.3 is 26.0 Å². The maximum atomic E-state index is 12.4. The van der Waals surface area contributed by atoms with Gasteiger partial charge in [0, 0.05) is 17.5 Å². The molecule has 0 saturated heterocycles. The number of unbranched alkanes of at least 4 members (excludes halogenated alkanes) is 5. The Hall–Kier alpha value is -1.34. The predicted octanol–water partition coefficient (Wildman–Crippen LogP) is 6.56. The van der Waals surface area contributed by atoms with E-state index in [-0.39, 0.29) is 30.6 Å². The molecule has 0 aromatic carbocycles. The Kier molecular flexibility index (Phi) is 17.3. The molecule has 0 bridgehead atoms. The molecule has 0 amide bonds. The fourth-order valence-corrected chi connectivity index (χ4v) is 4.17. The molecular weight excluding hydrogens is 432 g/mol. The fourth-order valence-electron chi connectivity index (χ4n) is 4.17. The zero-order valence-electron chi connectivity index (χ0n) is 22.7. The third-order valence-corrected chi connectivity index (χ3v) is 7.49. The number of hydrogen-bond acceptors (Lipinski definition) is 6. The fraction of sp³-hybridized carbons (Fsp3) is 0.926. The average molecular weight is 487 g/mol. The smallest absolute Gasteiger partial charge is 0.481 e. The van der Waals surface area contributed by atoms with E-state index in [1.165, 1.54) is 6.42 Å². The molecule has 0 aliphatic heterocycles. The van der Waals surface area contributed by atoms with Crippen molar-refractivity contribution in [3.63, 3.8) is 0 Å². The molecule has 0 radical (unpaired) electrons. The molecule has 7 nitrogen and oxygen atoms in total. The van der Waals surface area contributed by atoms with E-state index in [1.807, 2.05) is 0 Å². The van der Waals surface area contributed by atoms with Crippen LogP contribution in [0.1, 0.15) is 131 Å². The van der Waals surface area contributed by atoms with Crippen LogP contribution >= 0.6 is 0 Å². The van der Waals surface area contributed by atoms with E-state index in [2.05, 4.69) is 34.6 Å². The summed E-state index contributed by atoms with van der Waals surface area (Å²) in [6.45, 7) is 10.8. The third-order valence-electron chi connectivity index (χ3n) is 7.49. The van der Waals surface area contributed by atoms with Gasteiger partial charge in [-0.2, -0.15) is 0 Å². The SMILES string of the molecule is CCCCCCC(CCCCCC(=O)O)OC(=O)OCCC(N)(CCC(N)(CC)CC)C(C)C. The molecule has 0 saturated carbocycles. The normalized spacial score (nSPS) is 14.6. The molecule has 2 unspecified atom stereocenters. The minimum Gasteiger partial charge on any atom is -0.481 e. The quantitative estimate of drug-likeness (QED) is 0.124. The third kappa shape index (κ3) is 14.8. The predicted molar refractivity (Wildman–Crippen MR) is 139 cm³/mol. The number of rotatable bonds is 21. The summed E-state index contributed by atoms with van der Waals surface area (Å²) in [5, 5.41) is 8.78. The molecule has 0 aliphatic carbocycles. The highest BCUT2D eigenvalue weighted by Crippen LogP contribution is 2.29. The van der Waals surface area contributed by atoms with Gasteiger partial charge >= 0.3 is 12.1 Å². The lowest BCUT2D eigenvalue weighted by Gasteiger charge is -2.37. The van der Waals surface area contributed by atoms with Gasteiger partial charge in [0.25, 0.3) is 0 Å². The van der Waals surface area contributed by atoms with Gasteiger partial charge in [0.15, 0.2) is 0 Å². The summed E-state index contributed by atoms with van der Waals surface area (Å²) < 4.78 is 11.1. The Balaban J connectivity index is 4.65. The topological polar surface area (TPSA) is 125 Å². The lowest BCUT2D eigenvalue weighted by Crippen LogP contribution is -2.49. The van der Waals surface area contributed by atoms with Crippen LogP contribution in [0, 0.1) is 5.92 Å². The first-order valence-corrected chi connectivity index (χ1v) is 13.6. The molecular formula is C27H54N2O5. The maximum absolute atomic E-state index is 12.4. The van der Waals surface area contributed by atoms with Crippen molar-refractivity contribution < 1.29 is 24.2 Å². The van der Waals surface area contributed by atoms with Crippen molar-refractivity contribution >= 4 is 12.1 Å². The van der Waals surface area contributed by atoms with E-state index in [1.54, 1.807) is 0 Å². The average Bonchev–Trinajstić information content (AvgIpc) is 2.79. The molecule has 34 heavy (non-hydrogen) atoms. The van der Waals surface area contributed by atoms with Gasteiger partial charge in [-0.15, -0.1) is 0 Å². The standard InChI is InChI=1S/C27H54N2O5/c1-6-9-10-12-15-23(16-13-11-14-17-24(30)31)34-25(32)33-21-20-27(29,22(4)5)19-18-26(28,7-2)8-3/h22-23H,6-21,28-29H2,1-5H3,(H,30,31). The van der Waals surface area contributed by atoms with Gasteiger partial charge in [0.2, 0.25) is 0 Å². The van der Waals surface area contributed by atoms with E-state index in [0.717, 1.165) is 70.6 Å². The number of carbonyl (C=O) groups excluding carboxylic acids is 1. The van der Waals surface area contributed by atoms with Crippen LogP contribution in [0.3, 0.4) is 0 Å². The maximum Gasteiger partial charge on any atom is 0.508 e. The molecule has 0 rings (SSSR count). The molecule has 0 spiro atoms. The summed E-state index contributed by atoms with van der Waals surface area (Å²) in [6.07, 6.45) is 11.7. The van der Waals surface area contributed by atoms with Crippen molar-refractivity contribution in [2.75, 3.05) is 6.61 Å². The first-order valence-electron chi connectivity index (χ1n) is 13.6. The monoisotopic (exact) mass is 486 g/mol. The van der Waals surface area contributed by atoms with Gasteiger partial charge in [0.05, 0.1) is 6.61 Å². The molecule has 5 N–H and O–H groups in total. The van der Waals surface area contributed by atoms with Crippen molar-refractivity contribution in [1.29, 1.82) is 0 Å². The zero-order chi connectivity index (χ0) is 26.0. The van der Waals surface area contributed by atoms with Crippen LogP contribution in [0.25, 0.3) is 0 Å². The van der Waals surface area contributed by atoms with Crippen LogP contribution in [-0.2, 0) is 14.3 Å². The second-order valence-electron chi connectivity index (χ2n) is 10.4. The first kappa shape index (κ1) is 32.7. The second-order valence-corrected chi connectivity index (χ2v) is 10.4. The molecule has 2 atom stereocenters. The summed E-state index contributed by atoms with van der Waals surface area (Å²) in [5.74, 6) is -0.530. The van der Waals surface area contributed by atoms with Crippen LogP contribution in [0.4, 0.5) is 4.79 Å². The van der Waals surface area contributed by atoms with E-state index in [0.29, 0.717) is 12.8 Å². The number of carbonyl (C=O) groups is 2. The highest BCUT2D eigenvalue weighted by molar-refractivity contribution is 5.66. The number of carboxylic acids is 1. The minimum atomic E-state index is -0.769. The summed E-state index contributed by atoms with van der Waals surface area (Å²) >= 11 is 0. The molecule has 0 aromatic rings. The summed E-state index contributed by atoms with van der Waals surface area (Å²) in [5.41, 5.74) is 12.6. The van der Waals surface area contributed by atoms with Crippen LogP contribution in [-0.4, -0.2) is 41.0 Å². The summed E-state index contributed by atoms with van der Waals surface area (Å²) in [6, 6.07) is 0. The van der Waals surface area contributed by atoms with Gasteiger partial charge in [-0.3, -0.25) is 4.79 Å². The number of nitrogens with two attached hydrogens (primary N) is 2. The molecule has 202 valence electrons. The summed E-state index contributed by atoms with van der Waals surface area (Å²) in [4.78, 5) is 23.1. The van der Waals surface area contributed by atoms with Crippen molar-refractivity contribution in [3.05, 3.63) is 0 Å². The lowest BCUT2D eigenvalue weighted by atomic mass is 9.76. The van der Waals surface area contributed by atoms with Gasteiger partial charge in [-0.1, -0.05) is 60.3 Å². The largest absolute Gasteiger partial charge is 0.508 e. The minimum absolute atomic E-state index is 0.183. The van der Waals surface area contributed by atoms with Crippen LogP contribution in [0.15, 0.2) is 0 Å². The number of ether oxygens (including phenoxy) is 2. The van der Waals surface area contributed by atoms with Gasteiger partial charge in [0.1, 0.15) is 6.10 Å². The summed E-state index contributed by atoms with van der Waals surface area (Å²) in [7, 11) is 0. The highest BCUT2D eigenvalue weighted by atomic mass is 16.7. The molecule has 7 heteroatoms. The van der Waals surface area contributed by atoms with E-state index in [9.17, 15) is 9.59 Å². The van der Waals surface area contributed by atoms with Crippen molar-refractivity contribution in [1.82, 2.24) is 0 Å². The van der Waals surface area contributed by atoms with Crippen molar-refractivity contribution in [2.24, 2.45) is 17.4 Å². The van der Waals surface area contributed by atoms with E-state index >= 15 is 0 Å². The first-order chi connectivity index (χ1) is 16.0. The van der Waals surface area contributed by atoms with Crippen LogP contribution in [0.5, 0.6) is 0 Å². The Morgan fingerprint density at radius 2 is 1.44 bits per heavy atom. The molecule has 0 aromatic heterocycles. The Morgan fingerprint density at radius 3 is 1.94 bits per heavy atom. The van der Waals surface area contributed by atoms with Crippen molar-refractivity contribution in [3.8, 4) is 0 Å². The second kappa shape index (κ2) is 18.0. The van der Waals surface area contributed by atoms with Crippen LogP contribution in [0.2, 0.25) is 0 Å². The van der Waals surface area contributed by atoms with Crippen molar-refractivity contribution in [2.45, 2.75) is 148 Å². The number of aliphatic carboxylic acids is 1. The van der Waals surface area contributed by atoms with Gasteiger partial charge in [-0.05, 0) is 70.1 Å². The molecule has 0 fully saturated rings. The van der Waals surface area contributed by atoms with Gasteiger partial charge in [-0.25, -0.2) is 4.79 Å². The number of hydrogen-bond donors (Lipinski definition) is 3. The Bertz CT molecular complexity index is 551.